The summed E-state index contributed by atoms with van der Waals surface area (Å²) in [6, 6.07) is 4.85. The Morgan fingerprint density at radius 2 is 2.15 bits per heavy atom. The molecule has 1 aromatic carbocycles. The lowest BCUT2D eigenvalue weighted by Crippen LogP contribution is -2.45. The Morgan fingerprint density at radius 1 is 1.40 bits per heavy atom. The molecular weight excluding hydrogens is 257 g/mol. The monoisotopic (exact) mass is 277 g/mol. The Morgan fingerprint density at radius 3 is 2.90 bits per heavy atom. The number of halogens is 1. The molecule has 2 saturated carbocycles. The zero-order chi connectivity index (χ0) is 14.3. The van der Waals surface area contributed by atoms with Crippen molar-refractivity contribution in [1.29, 1.82) is 0 Å². The van der Waals surface area contributed by atoms with Crippen molar-refractivity contribution < 1.29 is 14.3 Å². The van der Waals surface area contributed by atoms with Gasteiger partial charge in [-0.15, -0.1) is 0 Å². The summed E-state index contributed by atoms with van der Waals surface area (Å²) in [6.07, 6.45) is 3.32. The smallest absolute Gasteiger partial charge is 0.254 e. The highest BCUT2D eigenvalue weighted by Crippen LogP contribution is 2.48. The number of hydrogen-bond acceptors (Lipinski definition) is 2. The third kappa shape index (κ3) is 2.12. The van der Waals surface area contributed by atoms with Gasteiger partial charge in [0.25, 0.3) is 5.91 Å². The SMILES string of the molecule is Cc1cccc(C(=O)N[C@@H]2[C@H]3CC[C@@H](C3)[C@@H]2CO)c1F. The average Bonchev–Trinajstić information content (AvgIpc) is 3.02. The molecule has 2 aliphatic carbocycles. The Hall–Kier alpha value is -1.42. The van der Waals surface area contributed by atoms with Crippen LogP contribution in [0.4, 0.5) is 4.39 Å². The standard InChI is InChI=1S/C16H20FNO2/c1-9-3-2-4-12(14(9)17)16(20)18-15-11-6-5-10(7-11)13(15)8-19/h2-4,10-11,13,15,19H,5-8H2,1H3,(H,18,20)/t10-,11-,13-,15+/m0/s1. The molecule has 2 N–H and O–H groups in total. The maximum atomic E-state index is 14.0. The van der Waals surface area contributed by atoms with Gasteiger partial charge in [0.1, 0.15) is 5.82 Å². The van der Waals surface area contributed by atoms with E-state index in [2.05, 4.69) is 5.32 Å². The number of amides is 1. The number of carbonyl (C=O) groups is 1. The van der Waals surface area contributed by atoms with Crippen molar-refractivity contribution in [3.05, 3.63) is 35.1 Å². The van der Waals surface area contributed by atoms with Crippen LogP contribution in [0.5, 0.6) is 0 Å². The number of fused-ring (bicyclic) bond motifs is 2. The van der Waals surface area contributed by atoms with Gasteiger partial charge in [0.2, 0.25) is 0 Å². The van der Waals surface area contributed by atoms with Crippen LogP contribution >= 0.6 is 0 Å². The second-order valence-electron chi connectivity index (χ2n) is 6.12. The van der Waals surface area contributed by atoms with Crippen molar-refractivity contribution in [2.45, 2.75) is 32.2 Å². The minimum atomic E-state index is -0.450. The van der Waals surface area contributed by atoms with Crippen LogP contribution in [0.15, 0.2) is 18.2 Å². The number of benzene rings is 1. The first-order valence-electron chi connectivity index (χ1n) is 7.28. The van der Waals surface area contributed by atoms with Gasteiger partial charge in [-0.05, 0) is 49.7 Å². The lowest BCUT2D eigenvalue weighted by Gasteiger charge is -2.30. The fourth-order valence-corrected chi connectivity index (χ4v) is 3.95. The van der Waals surface area contributed by atoms with Gasteiger partial charge in [-0.1, -0.05) is 12.1 Å². The van der Waals surface area contributed by atoms with Crippen LogP contribution in [0, 0.1) is 30.5 Å². The quantitative estimate of drug-likeness (QED) is 0.890. The third-order valence-electron chi connectivity index (χ3n) is 5.03. The van der Waals surface area contributed by atoms with E-state index in [9.17, 15) is 14.3 Å². The molecule has 1 aromatic rings. The Bertz CT molecular complexity index is 531. The molecule has 20 heavy (non-hydrogen) atoms. The van der Waals surface area contributed by atoms with E-state index in [1.165, 1.54) is 6.07 Å². The number of aliphatic hydroxyl groups is 1. The Balaban J connectivity index is 1.77. The van der Waals surface area contributed by atoms with E-state index in [-0.39, 0.29) is 30.0 Å². The predicted octanol–water partition coefficient (Wildman–Crippen LogP) is 2.27. The number of nitrogens with one attached hydrogen (secondary N) is 1. The molecule has 3 rings (SSSR count). The highest BCUT2D eigenvalue weighted by atomic mass is 19.1. The number of hydrogen-bond donors (Lipinski definition) is 2. The maximum absolute atomic E-state index is 14.0. The van der Waals surface area contributed by atoms with Crippen molar-refractivity contribution in [3.63, 3.8) is 0 Å². The van der Waals surface area contributed by atoms with Crippen molar-refractivity contribution in [3.8, 4) is 0 Å². The summed E-state index contributed by atoms with van der Waals surface area (Å²) >= 11 is 0. The summed E-state index contributed by atoms with van der Waals surface area (Å²) in [4.78, 5) is 12.3. The zero-order valence-corrected chi connectivity index (χ0v) is 11.6. The molecular formula is C16H20FNO2. The second kappa shape index (κ2) is 5.17. The Kier molecular flexibility index (Phi) is 3.50. The molecule has 4 atom stereocenters. The molecule has 0 aliphatic heterocycles. The van der Waals surface area contributed by atoms with E-state index < -0.39 is 5.82 Å². The lowest BCUT2D eigenvalue weighted by molar-refractivity contribution is 0.0857. The first-order chi connectivity index (χ1) is 9.61. The molecule has 3 nitrogen and oxygen atoms in total. The minimum absolute atomic E-state index is 0.00818. The number of carbonyl (C=O) groups excluding carboxylic acids is 1. The number of rotatable bonds is 3. The van der Waals surface area contributed by atoms with Gasteiger partial charge in [-0.3, -0.25) is 4.79 Å². The molecule has 2 bridgehead atoms. The molecule has 0 unspecified atom stereocenters. The van der Waals surface area contributed by atoms with E-state index in [1.807, 2.05) is 0 Å². The van der Waals surface area contributed by atoms with E-state index in [4.69, 9.17) is 0 Å². The summed E-state index contributed by atoms with van der Waals surface area (Å²) in [5.41, 5.74) is 0.578. The molecule has 0 spiro atoms. The molecule has 0 heterocycles. The van der Waals surface area contributed by atoms with Crippen molar-refractivity contribution >= 4 is 5.91 Å². The van der Waals surface area contributed by atoms with Gasteiger partial charge in [0.15, 0.2) is 0 Å². The van der Waals surface area contributed by atoms with Gasteiger partial charge >= 0.3 is 0 Å². The summed E-state index contributed by atoms with van der Waals surface area (Å²) in [5, 5.41) is 12.5. The van der Waals surface area contributed by atoms with Crippen molar-refractivity contribution in [1.82, 2.24) is 5.32 Å². The normalized spacial score (nSPS) is 31.6. The highest BCUT2D eigenvalue weighted by molar-refractivity contribution is 5.95. The van der Waals surface area contributed by atoms with Crippen molar-refractivity contribution in [2.24, 2.45) is 17.8 Å². The third-order valence-corrected chi connectivity index (χ3v) is 5.03. The van der Waals surface area contributed by atoms with Gasteiger partial charge < -0.3 is 10.4 Å². The first-order valence-corrected chi connectivity index (χ1v) is 7.28. The van der Waals surface area contributed by atoms with Crippen molar-refractivity contribution in [2.75, 3.05) is 6.61 Å². The van der Waals surface area contributed by atoms with E-state index in [1.54, 1.807) is 19.1 Å². The molecule has 1 amide bonds. The summed E-state index contributed by atoms with van der Waals surface area (Å²) in [5.74, 6) is 0.271. The fourth-order valence-electron chi connectivity index (χ4n) is 3.95. The highest BCUT2D eigenvalue weighted by Gasteiger charge is 2.47. The molecule has 2 fully saturated rings. The van der Waals surface area contributed by atoms with Crippen LogP contribution in [-0.2, 0) is 0 Å². The van der Waals surface area contributed by atoms with Crippen LogP contribution in [0.3, 0.4) is 0 Å². The van der Waals surface area contributed by atoms with Crippen LogP contribution in [-0.4, -0.2) is 23.7 Å². The maximum Gasteiger partial charge on any atom is 0.254 e. The molecule has 4 heteroatoms. The molecule has 0 aromatic heterocycles. The minimum Gasteiger partial charge on any atom is -0.396 e. The summed E-state index contributed by atoms with van der Waals surface area (Å²) < 4.78 is 14.0. The topological polar surface area (TPSA) is 49.3 Å². The number of aliphatic hydroxyl groups excluding tert-OH is 1. The van der Waals surface area contributed by atoms with E-state index >= 15 is 0 Å². The van der Waals surface area contributed by atoms with Crippen LogP contribution in [0.2, 0.25) is 0 Å². The summed E-state index contributed by atoms with van der Waals surface area (Å²) in [6.45, 7) is 1.75. The zero-order valence-electron chi connectivity index (χ0n) is 11.6. The molecule has 0 saturated heterocycles. The lowest BCUT2D eigenvalue weighted by atomic mass is 9.85. The van der Waals surface area contributed by atoms with Gasteiger partial charge in [0, 0.05) is 18.6 Å². The largest absolute Gasteiger partial charge is 0.396 e. The molecule has 2 aliphatic rings. The average molecular weight is 277 g/mol. The van der Waals surface area contributed by atoms with E-state index in [0.717, 1.165) is 19.3 Å². The molecule has 0 radical (unpaired) electrons. The van der Waals surface area contributed by atoms with Crippen LogP contribution < -0.4 is 5.32 Å². The molecule has 108 valence electrons. The summed E-state index contributed by atoms with van der Waals surface area (Å²) in [7, 11) is 0. The van der Waals surface area contributed by atoms with E-state index in [0.29, 0.717) is 17.4 Å². The van der Waals surface area contributed by atoms with Crippen LogP contribution in [0.1, 0.15) is 35.2 Å². The van der Waals surface area contributed by atoms with Gasteiger partial charge in [0.05, 0.1) is 5.56 Å². The van der Waals surface area contributed by atoms with Gasteiger partial charge in [-0.25, -0.2) is 4.39 Å². The second-order valence-corrected chi connectivity index (χ2v) is 6.12. The van der Waals surface area contributed by atoms with Gasteiger partial charge in [-0.2, -0.15) is 0 Å². The first kappa shape index (κ1) is 13.6. The Labute approximate surface area is 118 Å². The fraction of sp³-hybridized carbons (Fsp3) is 0.562. The predicted molar refractivity (Wildman–Crippen MR) is 73.8 cm³/mol. The van der Waals surface area contributed by atoms with Crippen LogP contribution in [0.25, 0.3) is 0 Å². The number of aryl methyl sites for hydroxylation is 1.